The number of hydrogen-bond donors (Lipinski definition) is 1. The van der Waals surface area contributed by atoms with Crippen LogP contribution in [0.25, 0.3) is 0 Å². The molecule has 2 nitrogen and oxygen atoms in total. The molecule has 0 amide bonds. The van der Waals surface area contributed by atoms with Crippen molar-refractivity contribution in [3.8, 4) is 5.75 Å². The molecule has 0 heterocycles. The van der Waals surface area contributed by atoms with Crippen LogP contribution in [0.2, 0.25) is 5.02 Å². The second kappa shape index (κ2) is 5.23. The number of benzene rings is 2. The predicted octanol–water partition coefficient (Wildman–Crippen LogP) is 3.78. The first kappa shape index (κ1) is 12.6. The van der Waals surface area contributed by atoms with Crippen molar-refractivity contribution in [3.05, 3.63) is 58.6 Å². The monoisotopic (exact) mass is 269 g/mol. The Bertz CT molecular complexity index is 555. The fourth-order valence-electron chi connectivity index (χ4n) is 1.45. The summed E-state index contributed by atoms with van der Waals surface area (Å²) < 4.78 is 31.1. The Balaban J connectivity index is 2.11. The van der Waals surface area contributed by atoms with E-state index >= 15 is 0 Å². The largest absolute Gasteiger partial charge is 0.489 e. The van der Waals surface area contributed by atoms with Crippen LogP contribution in [0.5, 0.6) is 5.75 Å². The molecule has 2 rings (SSSR count). The van der Waals surface area contributed by atoms with Gasteiger partial charge in [0.2, 0.25) is 0 Å². The van der Waals surface area contributed by atoms with Crippen molar-refractivity contribution in [3.63, 3.8) is 0 Å². The first-order valence-electron chi connectivity index (χ1n) is 5.17. The standard InChI is InChI=1S/C13H10ClF2NO/c14-13-6-11(17)2-1-8(13)7-18-12-4-9(15)3-10(16)5-12/h1-6H,7,17H2. The maximum absolute atomic E-state index is 12.9. The van der Waals surface area contributed by atoms with Crippen LogP contribution in [0.3, 0.4) is 0 Å². The molecule has 2 aromatic carbocycles. The first-order chi connectivity index (χ1) is 8.54. The molecule has 0 saturated heterocycles. The molecule has 0 saturated carbocycles. The van der Waals surface area contributed by atoms with Crippen LogP contribution >= 0.6 is 11.6 Å². The van der Waals surface area contributed by atoms with Gasteiger partial charge in [-0.15, -0.1) is 0 Å². The molecule has 0 fully saturated rings. The SMILES string of the molecule is Nc1ccc(COc2cc(F)cc(F)c2)c(Cl)c1. The van der Waals surface area contributed by atoms with Crippen molar-refractivity contribution in [2.75, 3.05) is 5.73 Å². The Kier molecular flexibility index (Phi) is 3.67. The molecule has 5 heteroatoms. The molecule has 0 unspecified atom stereocenters. The summed E-state index contributed by atoms with van der Waals surface area (Å²) in [4.78, 5) is 0. The molecule has 94 valence electrons. The van der Waals surface area contributed by atoms with Crippen LogP contribution in [-0.4, -0.2) is 0 Å². The van der Waals surface area contributed by atoms with Gasteiger partial charge in [-0.05, 0) is 12.1 Å². The molecule has 0 atom stereocenters. The highest BCUT2D eigenvalue weighted by atomic mass is 35.5. The fourth-order valence-corrected chi connectivity index (χ4v) is 1.70. The Morgan fingerprint density at radius 2 is 1.72 bits per heavy atom. The zero-order valence-electron chi connectivity index (χ0n) is 9.29. The van der Waals surface area contributed by atoms with Gasteiger partial charge in [-0.2, -0.15) is 0 Å². The van der Waals surface area contributed by atoms with Gasteiger partial charge >= 0.3 is 0 Å². The van der Waals surface area contributed by atoms with E-state index in [0.29, 0.717) is 16.3 Å². The van der Waals surface area contributed by atoms with E-state index in [9.17, 15) is 8.78 Å². The molecule has 0 aliphatic heterocycles. The predicted molar refractivity (Wildman–Crippen MR) is 66.6 cm³/mol. The number of rotatable bonds is 3. The van der Waals surface area contributed by atoms with Crippen LogP contribution < -0.4 is 10.5 Å². The molecule has 0 aliphatic carbocycles. The highest BCUT2D eigenvalue weighted by Gasteiger charge is 2.04. The number of hydrogen-bond acceptors (Lipinski definition) is 2. The lowest BCUT2D eigenvalue weighted by atomic mass is 10.2. The van der Waals surface area contributed by atoms with Gasteiger partial charge in [0.15, 0.2) is 0 Å². The Morgan fingerprint density at radius 1 is 1.06 bits per heavy atom. The molecule has 0 radical (unpaired) electrons. The zero-order valence-corrected chi connectivity index (χ0v) is 10.0. The summed E-state index contributed by atoms with van der Waals surface area (Å²) in [6.45, 7) is 0.113. The second-order valence-corrected chi connectivity index (χ2v) is 4.15. The Morgan fingerprint density at radius 3 is 2.33 bits per heavy atom. The van der Waals surface area contributed by atoms with Crippen molar-refractivity contribution in [1.29, 1.82) is 0 Å². The smallest absolute Gasteiger partial charge is 0.129 e. The molecule has 2 N–H and O–H groups in total. The molecule has 0 spiro atoms. The van der Waals surface area contributed by atoms with Crippen molar-refractivity contribution in [1.82, 2.24) is 0 Å². The van der Waals surface area contributed by atoms with Crippen LogP contribution in [0.4, 0.5) is 14.5 Å². The maximum atomic E-state index is 12.9. The molecule has 0 bridgehead atoms. The van der Waals surface area contributed by atoms with Crippen molar-refractivity contribution >= 4 is 17.3 Å². The number of ether oxygens (including phenoxy) is 1. The van der Waals surface area contributed by atoms with Crippen LogP contribution in [0, 0.1) is 11.6 Å². The molecular formula is C13H10ClF2NO. The van der Waals surface area contributed by atoms with E-state index in [1.807, 2.05) is 0 Å². The van der Waals surface area contributed by atoms with Gasteiger partial charge in [-0.1, -0.05) is 17.7 Å². The van der Waals surface area contributed by atoms with Gasteiger partial charge in [0, 0.05) is 34.5 Å². The average molecular weight is 270 g/mol. The van der Waals surface area contributed by atoms with Crippen LogP contribution in [0.1, 0.15) is 5.56 Å². The van der Waals surface area contributed by atoms with Gasteiger partial charge in [-0.25, -0.2) is 8.78 Å². The van der Waals surface area contributed by atoms with E-state index in [2.05, 4.69) is 0 Å². The average Bonchev–Trinajstić information content (AvgIpc) is 2.26. The summed E-state index contributed by atoms with van der Waals surface area (Å²) in [6.07, 6.45) is 0. The summed E-state index contributed by atoms with van der Waals surface area (Å²) in [5.41, 5.74) is 6.78. The minimum absolute atomic E-state index is 0.111. The van der Waals surface area contributed by atoms with Gasteiger partial charge in [0.25, 0.3) is 0 Å². The maximum Gasteiger partial charge on any atom is 0.129 e. The van der Waals surface area contributed by atoms with Gasteiger partial charge in [0.1, 0.15) is 24.0 Å². The first-order valence-corrected chi connectivity index (χ1v) is 5.55. The third-order valence-electron chi connectivity index (χ3n) is 2.31. The lowest BCUT2D eigenvalue weighted by Crippen LogP contribution is -1.98. The minimum atomic E-state index is -0.687. The highest BCUT2D eigenvalue weighted by molar-refractivity contribution is 6.31. The summed E-state index contributed by atoms with van der Waals surface area (Å²) in [6, 6.07) is 7.96. The van der Waals surface area contributed by atoms with Gasteiger partial charge in [-0.3, -0.25) is 0 Å². The summed E-state index contributed by atoms with van der Waals surface area (Å²) in [7, 11) is 0. The normalized spacial score (nSPS) is 10.4. The third kappa shape index (κ3) is 3.11. The van der Waals surface area contributed by atoms with Gasteiger partial charge in [0.05, 0.1) is 0 Å². The third-order valence-corrected chi connectivity index (χ3v) is 2.66. The van der Waals surface area contributed by atoms with E-state index < -0.39 is 11.6 Å². The van der Waals surface area contributed by atoms with E-state index in [4.69, 9.17) is 22.1 Å². The number of halogens is 3. The lowest BCUT2D eigenvalue weighted by Gasteiger charge is -2.08. The second-order valence-electron chi connectivity index (χ2n) is 3.74. The van der Waals surface area contributed by atoms with Crippen LogP contribution in [0.15, 0.2) is 36.4 Å². The van der Waals surface area contributed by atoms with E-state index in [1.54, 1.807) is 18.2 Å². The summed E-state index contributed by atoms with van der Waals surface area (Å²) in [5, 5.41) is 0.451. The van der Waals surface area contributed by atoms with Crippen molar-refractivity contribution < 1.29 is 13.5 Å². The van der Waals surface area contributed by atoms with Crippen molar-refractivity contribution in [2.24, 2.45) is 0 Å². The van der Waals surface area contributed by atoms with E-state index in [0.717, 1.165) is 18.2 Å². The molecule has 0 aromatic heterocycles. The van der Waals surface area contributed by atoms with Gasteiger partial charge < -0.3 is 10.5 Å². The molecule has 18 heavy (non-hydrogen) atoms. The molecule has 0 aliphatic rings. The number of nitrogen functional groups attached to an aromatic ring is 1. The quantitative estimate of drug-likeness (QED) is 0.861. The van der Waals surface area contributed by atoms with E-state index in [-0.39, 0.29) is 12.4 Å². The minimum Gasteiger partial charge on any atom is -0.489 e. The molecular weight excluding hydrogens is 260 g/mol. The lowest BCUT2D eigenvalue weighted by molar-refractivity contribution is 0.303. The number of anilines is 1. The Labute approximate surface area is 108 Å². The molecule has 2 aromatic rings. The summed E-state index contributed by atoms with van der Waals surface area (Å²) in [5.74, 6) is -1.26. The fraction of sp³-hybridized carbons (Fsp3) is 0.0769. The zero-order chi connectivity index (χ0) is 13.1. The van der Waals surface area contributed by atoms with Crippen molar-refractivity contribution in [2.45, 2.75) is 6.61 Å². The summed E-state index contributed by atoms with van der Waals surface area (Å²) >= 11 is 5.95. The topological polar surface area (TPSA) is 35.2 Å². The van der Waals surface area contributed by atoms with E-state index in [1.165, 1.54) is 0 Å². The highest BCUT2D eigenvalue weighted by Crippen LogP contribution is 2.22. The number of nitrogens with two attached hydrogens (primary N) is 1. The van der Waals surface area contributed by atoms with Crippen LogP contribution in [-0.2, 0) is 6.61 Å². The Hall–Kier alpha value is -1.81.